The third-order valence-electron chi connectivity index (χ3n) is 5.63. The SMILES string of the molecule is CN(c1ccc(Cl)cc1)c1ccc(C(=O)c2ccc(CC(=O)c3ccccc3)c(C(=O)O)c2)nc1. The Morgan fingerprint density at radius 2 is 1.54 bits per heavy atom. The Morgan fingerprint density at radius 1 is 0.857 bits per heavy atom. The number of carbonyl (C=O) groups excluding carboxylic acids is 2. The molecule has 0 aliphatic heterocycles. The van der Waals surface area contributed by atoms with E-state index in [2.05, 4.69) is 4.98 Å². The van der Waals surface area contributed by atoms with E-state index in [1.807, 2.05) is 24.1 Å². The van der Waals surface area contributed by atoms with Gasteiger partial charge in [-0.2, -0.15) is 0 Å². The zero-order valence-electron chi connectivity index (χ0n) is 18.8. The van der Waals surface area contributed by atoms with Crippen molar-refractivity contribution in [2.24, 2.45) is 0 Å². The minimum atomic E-state index is -1.21. The van der Waals surface area contributed by atoms with Gasteiger partial charge in [-0.25, -0.2) is 4.79 Å². The van der Waals surface area contributed by atoms with Crippen molar-refractivity contribution in [1.29, 1.82) is 0 Å². The van der Waals surface area contributed by atoms with Crippen LogP contribution in [0.2, 0.25) is 5.02 Å². The summed E-state index contributed by atoms with van der Waals surface area (Å²) in [4.78, 5) is 43.6. The molecule has 0 unspecified atom stereocenters. The number of ketones is 2. The summed E-state index contributed by atoms with van der Waals surface area (Å²) in [6, 6.07) is 23.7. The van der Waals surface area contributed by atoms with Gasteiger partial charge in [0.2, 0.25) is 5.78 Å². The summed E-state index contributed by atoms with van der Waals surface area (Å²) < 4.78 is 0. The third-order valence-corrected chi connectivity index (χ3v) is 5.88. The highest BCUT2D eigenvalue weighted by molar-refractivity contribution is 6.30. The van der Waals surface area contributed by atoms with Gasteiger partial charge in [0.05, 0.1) is 17.4 Å². The standard InChI is InChI=1S/C28H21ClN2O4/c1-31(22-11-9-21(29)10-12-22)23-13-14-25(30-17-23)27(33)20-8-7-19(24(15-20)28(34)35)16-26(32)18-5-3-2-4-6-18/h2-15,17H,16H2,1H3,(H,34,35). The summed E-state index contributed by atoms with van der Waals surface area (Å²) in [5.74, 6) is -1.81. The first kappa shape index (κ1) is 23.9. The lowest BCUT2D eigenvalue weighted by Crippen LogP contribution is -2.13. The van der Waals surface area contributed by atoms with E-state index >= 15 is 0 Å². The highest BCUT2D eigenvalue weighted by Crippen LogP contribution is 2.25. The van der Waals surface area contributed by atoms with E-state index in [1.165, 1.54) is 18.2 Å². The molecule has 0 amide bonds. The van der Waals surface area contributed by atoms with E-state index < -0.39 is 11.8 Å². The van der Waals surface area contributed by atoms with Crippen LogP contribution in [0.4, 0.5) is 11.4 Å². The van der Waals surface area contributed by atoms with Crippen LogP contribution in [-0.4, -0.2) is 34.7 Å². The number of pyridine rings is 1. The fraction of sp³-hybridized carbons (Fsp3) is 0.0714. The Morgan fingerprint density at radius 3 is 2.17 bits per heavy atom. The minimum Gasteiger partial charge on any atom is -0.478 e. The smallest absolute Gasteiger partial charge is 0.335 e. The lowest BCUT2D eigenvalue weighted by atomic mass is 9.95. The maximum Gasteiger partial charge on any atom is 0.335 e. The molecule has 0 spiro atoms. The first-order valence-electron chi connectivity index (χ1n) is 10.8. The normalized spacial score (nSPS) is 10.6. The number of hydrogen-bond acceptors (Lipinski definition) is 5. The van der Waals surface area contributed by atoms with E-state index in [0.717, 1.165) is 11.4 Å². The lowest BCUT2D eigenvalue weighted by molar-refractivity contribution is 0.0696. The summed E-state index contributed by atoms with van der Waals surface area (Å²) in [6.07, 6.45) is 1.50. The van der Waals surface area contributed by atoms with Gasteiger partial charge in [0, 0.05) is 35.3 Å². The van der Waals surface area contributed by atoms with E-state index in [9.17, 15) is 19.5 Å². The second-order valence-electron chi connectivity index (χ2n) is 7.91. The number of Topliss-reactive ketones (excluding diaryl/α,β-unsaturated/α-hetero) is 1. The largest absolute Gasteiger partial charge is 0.478 e. The second-order valence-corrected chi connectivity index (χ2v) is 8.35. The van der Waals surface area contributed by atoms with Gasteiger partial charge in [-0.15, -0.1) is 0 Å². The molecule has 0 aliphatic carbocycles. The first-order chi connectivity index (χ1) is 16.8. The Kier molecular flexibility index (Phi) is 7.03. The molecule has 0 bridgehead atoms. The number of aromatic carboxylic acids is 1. The zero-order chi connectivity index (χ0) is 24.9. The molecular weight excluding hydrogens is 464 g/mol. The number of carboxylic acids is 1. The predicted molar refractivity (Wildman–Crippen MR) is 135 cm³/mol. The average molecular weight is 485 g/mol. The number of nitrogens with zero attached hydrogens (tertiary/aromatic N) is 2. The molecule has 7 heteroatoms. The molecule has 3 aromatic carbocycles. The summed E-state index contributed by atoms with van der Waals surface area (Å²) >= 11 is 5.95. The van der Waals surface area contributed by atoms with Crippen LogP contribution < -0.4 is 4.90 Å². The minimum absolute atomic E-state index is 0.0793. The number of hydrogen-bond donors (Lipinski definition) is 1. The molecule has 6 nitrogen and oxygen atoms in total. The van der Waals surface area contributed by atoms with E-state index in [1.54, 1.807) is 60.8 Å². The number of halogens is 1. The maximum atomic E-state index is 13.0. The van der Waals surface area contributed by atoms with Crippen LogP contribution in [0.1, 0.15) is 42.3 Å². The van der Waals surface area contributed by atoms with Gasteiger partial charge in [-0.3, -0.25) is 14.6 Å². The van der Waals surface area contributed by atoms with Gasteiger partial charge < -0.3 is 10.0 Å². The zero-order valence-corrected chi connectivity index (χ0v) is 19.6. The summed E-state index contributed by atoms with van der Waals surface area (Å²) in [6.45, 7) is 0. The van der Waals surface area contributed by atoms with E-state index in [4.69, 9.17) is 11.6 Å². The Hall–Kier alpha value is -4.29. The molecule has 1 aromatic heterocycles. The number of carboxylic acid groups (broad SMARTS) is 1. The number of carbonyl (C=O) groups is 3. The highest BCUT2D eigenvalue weighted by atomic mass is 35.5. The van der Waals surface area contributed by atoms with E-state index in [0.29, 0.717) is 16.1 Å². The summed E-state index contributed by atoms with van der Waals surface area (Å²) in [7, 11) is 1.87. The van der Waals surface area contributed by atoms with Crippen molar-refractivity contribution in [2.75, 3.05) is 11.9 Å². The molecule has 4 rings (SSSR count). The topological polar surface area (TPSA) is 87.6 Å². The summed E-state index contributed by atoms with van der Waals surface area (Å²) in [5.41, 5.74) is 2.80. The molecule has 0 saturated heterocycles. The molecule has 174 valence electrons. The van der Waals surface area contributed by atoms with Crippen LogP contribution in [0.25, 0.3) is 0 Å². The Bertz CT molecular complexity index is 1390. The molecular formula is C28H21ClN2O4. The van der Waals surface area contributed by atoms with Crippen LogP contribution in [0.3, 0.4) is 0 Å². The van der Waals surface area contributed by atoms with Crippen molar-refractivity contribution in [3.05, 3.63) is 124 Å². The van der Waals surface area contributed by atoms with Gasteiger partial charge >= 0.3 is 5.97 Å². The molecule has 0 aliphatic rings. The molecule has 4 aromatic rings. The maximum absolute atomic E-state index is 13.0. The van der Waals surface area contributed by atoms with Crippen LogP contribution in [0, 0.1) is 0 Å². The quantitative estimate of drug-likeness (QED) is 0.315. The van der Waals surface area contributed by atoms with Gasteiger partial charge in [-0.1, -0.05) is 54.1 Å². The van der Waals surface area contributed by atoms with Crippen LogP contribution in [0.5, 0.6) is 0 Å². The van der Waals surface area contributed by atoms with Gasteiger partial charge in [0.25, 0.3) is 0 Å². The first-order valence-corrected chi connectivity index (χ1v) is 11.2. The molecule has 1 N–H and O–H groups in total. The van der Waals surface area contributed by atoms with E-state index in [-0.39, 0.29) is 29.0 Å². The van der Waals surface area contributed by atoms with Crippen LogP contribution in [-0.2, 0) is 6.42 Å². The second kappa shape index (κ2) is 10.3. The molecule has 0 fully saturated rings. The number of aromatic nitrogens is 1. The fourth-order valence-electron chi connectivity index (χ4n) is 3.65. The lowest BCUT2D eigenvalue weighted by Gasteiger charge is -2.19. The average Bonchev–Trinajstić information content (AvgIpc) is 2.89. The van der Waals surface area contributed by atoms with Gasteiger partial charge in [-0.05, 0) is 48.0 Å². The predicted octanol–water partition coefficient (Wildman–Crippen LogP) is 5.86. The molecule has 1 heterocycles. The van der Waals surface area contributed by atoms with Crippen molar-refractivity contribution in [1.82, 2.24) is 4.98 Å². The van der Waals surface area contributed by atoms with Crippen LogP contribution in [0.15, 0.2) is 91.1 Å². The highest BCUT2D eigenvalue weighted by Gasteiger charge is 2.19. The molecule has 35 heavy (non-hydrogen) atoms. The van der Waals surface area contributed by atoms with Crippen molar-refractivity contribution in [3.63, 3.8) is 0 Å². The van der Waals surface area contributed by atoms with Crippen molar-refractivity contribution >= 4 is 40.5 Å². The van der Waals surface area contributed by atoms with Crippen molar-refractivity contribution < 1.29 is 19.5 Å². The fourth-order valence-corrected chi connectivity index (χ4v) is 3.78. The van der Waals surface area contributed by atoms with Crippen molar-refractivity contribution in [2.45, 2.75) is 6.42 Å². The van der Waals surface area contributed by atoms with Crippen molar-refractivity contribution in [3.8, 4) is 0 Å². The van der Waals surface area contributed by atoms with Gasteiger partial charge in [0.15, 0.2) is 5.78 Å². The Balaban J connectivity index is 1.55. The summed E-state index contributed by atoms with van der Waals surface area (Å²) in [5, 5.41) is 10.3. The monoisotopic (exact) mass is 484 g/mol. The number of rotatable bonds is 8. The van der Waals surface area contributed by atoms with Crippen LogP contribution >= 0.6 is 11.6 Å². The number of anilines is 2. The number of benzene rings is 3. The van der Waals surface area contributed by atoms with Gasteiger partial charge in [0.1, 0.15) is 5.69 Å². The third kappa shape index (κ3) is 5.45. The Labute approximate surface area is 207 Å². The molecule has 0 atom stereocenters. The molecule has 0 saturated carbocycles. The molecule has 0 radical (unpaired) electrons.